The van der Waals surface area contributed by atoms with Gasteiger partial charge in [-0.2, -0.15) is 0 Å². The number of hydrogen-bond donors (Lipinski definition) is 7. The molecule has 1 saturated carbocycles. The zero-order valence-corrected chi connectivity index (χ0v) is 26.8. The number of urea groups is 1. The first-order valence-electron chi connectivity index (χ1n) is 15.3. The van der Waals surface area contributed by atoms with Gasteiger partial charge in [-0.1, -0.05) is 59.7 Å². The number of aromatic hydroxyl groups is 1. The normalized spacial score (nSPS) is 30.5. The van der Waals surface area contributed by atoms with Crippen LogP contribution in [0.4, 0.5) is 16.2 Å². The highest BCUT2D eigenvalue weighted by atomic mass is 16.4. The van der Waals surface area contributed by atoms with Gasteiger partial charge in [0.15, 0.2) is 17.2 Å². The fraction of sp³-hybridized carbons (Fsp3) is 0.429. The summed E-state index contributed by atoms with van der Waals surface area (Å²) in [7, 11) is 0. The summed E-state index contributed by atoms with van der Waals surface area (Å²) in [5.74, 6) is -8.06. The zero-order chi connectivity index (χ0) is 34.3. The van der Waals surface area contributed by atoms with Gasteiger partial charge in [-0.25, -0.2) is 4.79 Å². The summed E-state index contributed by atoms with van der Waals surface area (Å²) in [5.41, 5.74) is -6.26. The van der Waals surface area contributed by atoms with Crippen molar-refractivity contribution in [3.05, 3.63) is 70.0 Å². The molecule has 2 aromatic rings. The number of anilines is 2. The number of carbonyl (C=O) groups excluding carboxylic acids is 4. The van der Waals surface area contributed by atoms with Crippen LogP contribution < -0.4 is 10.6 Å². The number of amides is 2. The minimum Gasteiger partial charge on any atom is -0.508 e. The van der Waals surface area contributed by atoms with Gasteiger partial charge in [-0.3, -0.25) is 14.4 Å². The van der Waals surface area contributed by atoms with E-state index in [4.69, 9.17) is 0 Å². The summed E-state index contributed by atoms with van der Waals surface area (Å²) in [4.78, 5) is 53.7. The van der Waals surface area contributed by atoms with Crippen LogP contribution in [0.2, 0.25) is 0 Å². The molecule has 7 N–H and O–H groups in total. The van der Waals surface area contributed by atoms with Crippen molar-refractivity contribution in [2.24, 2.45) is 22.7 Å². The Kier molecular flexibility index (Phi) is 7.73. The van der Waals surface area contributed by atoms with Crippen LogP contribution in [0.3, 0.4) is 0 Å². The van der Waals surface area contributed by atoms with E-state index < -0.39 is 92.1 Å². The SMILES string of the molecule is CCc1ccc(NC(=O)Nc2ccc3c(c2O)C(O)=C2C(=O)[C@@]4(O)C(O)=C(C(C)=O)C(=O)C(C(C)C)[C@@]4(C)[C@H](O)[C@@]2(C)[C@@H]3C)cc1. The van der Waals surface area contributed by atoms with Gasteiger partial charge in [-0.05, 0) is 54.5 Å². The molecule has 3 aliphatic carbocycles. The Morgan fingerprint density at radius 1 is 0.978 bits per heavy atom. The van der Waals surface area contributed by atoms with Gasteiger partial charge in [0.2, 0.25) is 5.78 Å². The van der Waals surface area contributed by atoms with Gasteiger partial charge in [0.25, 0.3) is 0 Å². The van der Waals surface area contributed by atoms with Crippen molar-refractivity contribution in [1.29, 1.82) is 0 Å². The predicted molar refractivity (Wildman–Crippen MR) is 170 cm³/mol. The number of allylic oxidation sites excluding steroid dienone is 1. The molecule has 0 heterocycles. The molecule has 244 valence electrons. The number of carbonyl (C=O) groups is 4. The molecule has 6 atom stereocenters. The van der Waals surface area contributed by atoms with E-state index in [0.717, 1.165) is 18.9 Å². The maximum absolute atomic E-state index is 14.6. The number of aliphatic hydroxyl groups excluding tert-OH is 3. The Labute approximate surface area is 266 Å². The number of hydrogen-bond acceptors (Lipinski definition) is 9. The van der Waals surface area contributed by atoms with E-state index in [2.05, 4.69) is 10.6 Å². The first-order chi connectivity index (χ1) is 21.4. The largest absolute Gasteiger partial charge is 0.508 e. The molecule has 11 heteroatoms. The van der Waals surface area contributed by atoms with Crippen LogP contribution in [0, 0.1) is 22.7 Å². The van der Waals surface area contributed by atoms with Crippen LogP contribution in [0.1, 0.15) is 71.1 Å². The summed E-state index contributed by atoms with van der Waals surface area (Å²) in [6.07, 6.45) is -0.897. The molecule has 0 saturated heterocycles. The highest BCUT2D eigenvalue weighted by Gasteiger charge is 2.77. The summed E-state index contributed by atoms with van der Waals surface area (Å²) in [6, 6.07) is 9.46. The first-order valence-corrected chi connectivity index (χ1v) is 15.3. The van der Waals surface area contributed by atoms with E-state index >= 15 is 0 Å². The lowest BCUT2D eigenvalue weighted by atomic mass is 9.40. The molecule has 1 unspecified atom stereocenters. The Bertz CT molecular complexity index is 1760. The Balaban J connectivity index is 1.67. The van der Waals surface area contributed by atoms with Crippen LogP contribution in [0.5, 0.6) is 5.75 Å². The van der Waals surface area contributed by atoms with Crippen molar-refractivity contribution in [3.8, 4) is 5.75 Å². The molecule has 3 aliphatic rings. The molecule has 2 amide bonds. The molecule has 1 fully saturated rings. The van der Waals surface area contributed by atoms with Crippen LogP contribution >= 0.6 is 0 Å². The topological polar surface area (TPSA) is 193 Å². The fourth-order valence-electron chi connectivity index (χ4n) is 8.14. The Morgan fingerprint density at radius 2 is 1.59 bits per heavy atom. The van der Waals surface area contributed by atoms with Crippen LogP contribution in [0.15, 0.2) is 53.3 Å². The third-order valence-corrected chi connectivity index (χ3v) is 10.7. The lowest BCUT2D eigenvalue weighted by molar-refractivity contribution is -0.215. The maximum atomic E-state index is 14.6. The van der Waals surface area contributed by atoms with E-state index in [-0.39, 0.29) is 11.3 Å². The Morgan fingerprint density at radius 3 is 2.13 bits per heavy atom. The zero-order valence-electron chi connectivity index (χ0n) is 26.8. The van der Waals surface area contributed by atoms with Gasteiger partial charge in [0.05, 0.1) is 22.9 Å². The van der Waals surface area contributed by atoms with Crippen LogP contribution in [0.25, 0.3) is 5.76 Å². The first kappa shape index (κ1) is 32.9. The number of Topliss-reactive ketones (excluding diaryl/α,β-unsaturated/α-hetero) is 3. The van der Waals surface area contributed by atoms with Crippen molar-refractivity contribution < 1.29 is 44.7 Å². The smallest absolute Gasteiger partial charge is 0.323 e. The second kappa shape index (κ2) is 10.8. The number of phenolic OH excluding ortho intramolecular Hbond substituents is 1. The summed E-state index contributed by atoms with van der Waals surface area (Å²) >= 11 is 0. The maximum Gasteiger partial charge on any atom is 0.323 e. The quantitative estimate of drug-likeness (QED) is 0.177. The standard InChI is InChI=1S/C35H40N2O9/c1-8-18-9-11-19(12-10-18)36-32(45)37-21-14-13-20-16(4)33(6)25(28(41)23(20)26(21)39)30(43)35(46)29(42)22(17(5)38)27(40)24(15(2)3)34(35,7)31(33)44/h9-16,24,31,39,41-42,44,46H,8H2,1-7H3,(H2,36,37,45)/t16-,24?,31-,33+,34+,35+/m1/s1. The lowest BCUT2D eigenvalue weighted by Crippen LogP contribution is -2.75. The molecule has 0 spiro atoms. The molecule has 0 radical (unpaired) electrons. The molecule has 0 aliphatic heterocycles. The van der Waals surface area contributed by atoms with Crippen molar-refractivity contribution in [2.75, 3.05) is 10.6 Å². The molecule has 5 rings (SSSR count). The average Bonchev–Trinajstić information content (AvgIpc) is 2.98. The molecule has 11 nitrogen and oxygen atoms in total. The van der Waals surface area contributed by atoms with Crippen molar-refractivity contribution in [3.63, 3.8) is 0 Å². The van der Waals surface area contributed by atoms with Crippen LogP contribution in [-0.2, 0) is 20.8 Å². The molecule has 0 bridgehead atoms. The minimum atomic E-state index is -2.98. The van der Waals surface area contributed by atoms with E-state index in [9.17, 15) is 44.7 Å². The molecule has 2 aromatic carbocycles. The number of aryl methyl sites for hydroxylation is 1. The monoisotopic (exact) mass is 632 g/mol. The molecular weight excluding hydrogens is 592 g/mol. The van der Waals surface area contributed by atoms with E-state index in [1.165, 1.54) is 19.9 Å². The predicted octanol–water partition coefficient (Wildman–Crippen LogP) is 4.93. The minimum absolute atomic E-state index is 0.0958. The second-order valence-electron chi connectivity index (χ2n) is 13.4. The fourth-order valence-corrected chi connectivity index (χ4v) is 8.14. The van der Waals surface area contributed by atoms with E-state index in [1.807, 2.05) is 19.1 Å². The summed E-state index contributed by atoms with van der Waals surface area (Å²) in [6.45, 7) is 10.9. The van der Waals surface area contributed by atoms with Crippen molar-refractivity contribution >= 4 is 40.5 Å². The number of fused-ring (bicyclic) bond motifs is 3. The third kappa shape index (κ3) is 4.10. The van der Waals surface area contributed by atoms with Gasteiger partial charge in [0, 0.05) is 22.4 Å². The average molecular weight is 633 g/mol. The lowest BCUT2D eigenvalue weighted by Gasteiger charge is -2.63. The van der Waals surface area contributed by atoms with Crippen molar-refractivity contribution in [1.82, 2.24) is 0 Å². The summed E-state index contributed by atoms with van der Waals surface area (Å²) < 4.78 is 0. The third-order valence-electron chi connectivity index (χ3n) is 10.7. The molecule has 46 heavy (non-hydrogen) atoms. The van der Waals surface area contributed by atoms with E-state index in [0.29, 0.717) is 11.3 Å². The molecular formula is C35H40N2O9. The highest BCUT2D eigenvalue weighted by molar-refractivity contribution is 6.24. The number of phenols is 1. The molecule has 0 aromatic heterocycles. The summed E-state index contributed by atoms with van der Waals surface area (Å²) in [5, 5.41) is 64.2. The van der Waals surface area contributed by atoms with E-state index in [1.54, 1.807) is 39.0 Å². The van der Waals surface area contributed by atoms with Gasteiger partial charge in [-0.15, -0.1) is 0 Å². The van der Waals surface area contributed by atoms with Gasteiger partial charge in [0.1, 0.15) is 22.8 Å². The van der Waals surface area contributed by atoms with Crippen LogP contribution in [-0.4, -0.2) is 60.6 Å². The number of rotatable bonds is 5. The number of ketones is 3. The Hall–Kier alpha value is -4.48. The van der Waals surface area contributed by atoms with Crippen molar-refractivity contribution in [2.45, 2.75) is 72.5 Å². The highest BCUT2D eigenvalue weighted by Crippen LogP contribution is 2.67. The number of aliphatic hydroxyl groups is 4. The second-order valence-corrected chi connectivity index (χ2v) is 13.4. The number of benzene rings is 2. The number of nitrogens with one attached hydrogen (secondary N) is 2. The van der Waals surface area contributed by atoms with Gasteiger partial charge >= 0.3 is 6.03 Å². The van der Waals surface area contributed by atoms with Gasteiger partial charge < -0.3 is 36.2 Å².